The Hall–Kier alpha value is -3.29. The molecule has 0 unspecified atom stereocenters. The molecule has 0 bridgehead atoms. The van der Waals surface area contributed by atoms with Crippen molar-refractivity contribution in [3.63, 3.8) is 0 Å². The summed E-state index contributed by atoms with van der Waals surface area (Å²) in [4.78, 5) is 4.40. The second-order valence-corrected chi connectivity index (χ2v) is 5.15. The van der Waals surface area contributed by atoms with E-state index in [2.05, 4.69) is 20.3 Å². The summed E-state index contributed by atoms with van der Waals surface area (Å²) in [6, 6.07) is 4.89. The molecule has 3 aromatic heterocycles. The highest BCUT2D eigenvalue weighted by molar-refractivity contribution is 5.76. The van der Waals surface area contributed by atoms with Crippen LogP contribution in [-0.4, -0.2) is 24.8 Å². The monoisotopic (exact) mass is 327 g/mol. The number of benzene rings is 1. The lowest BCUT2D eigenvalue weighted by Crippen LogP contribution is -2.00. The number of nitrogens with zero attached hydrogens (tertiary/aromatic N) is 4. The van der Waals surface area contributed by atoms with Crippen LogP contribution >= 0.6 is 0 Å². The molecule has 0 fully saturated rings. The molecule has 8 heteroatoms. The number of ether oxygens (including phenoxy) is 1. The third-order valence-electron chi connectivity index (χ3n) is 3.46. The molecule has 0 saturated carbocycles. The number of halogens is 2. The molecule has 0 saturated heterocycles. The third-order valence-corrected chi connectivity index (χ3v) is 3.46. The van der Waals surface area contributed by atoms with Gasteiger partial charge < -0.3 is 4.74 Å². The Morgan fingerprint density at radius 3 is 2.71 bits per heavy atom. The molecule has 3 heterocycles. The maximum absolute atomic E-state index is 13.2. The van der Waals surface area contributed by atoms with Crippen LogP contribution in [0.4, 0.5) is 8.78 Å². The van der Waals surface area contributed by atoms with Gasteiger partial charge >= 0.3 is 0 Å². The van der Waals surface area contributed by atoms with E-state index in [0.29, 0.717) is 17.1 Å². The minimum absolute atomic E-state index is 0.00698. The second kappa shape index (κ2) is 5.73. The van der Waals surface area contributed by atoms with Crippen LogP contribution in [0, 0.1) is 11.6 Å². The lowest BCUT2D eigenvalue weighted by Gasteiger charge is -2.06. The van der Waals surface area contributed by atoms with Crippen molar-refractivity contribution in [3.8, 4) is 17.0 Å². The first-order valence-corrected chi connectivity index (χ1v) is 7.10. The zero-order valence-electron chi connectivity index (χ0n) is 12.3. The van der Waals surface area contributed by atoms with E-state index in [9.17, 15) is 8.78 Å². The molecule has 0 aliphatic carbocycles. The summed E-state index contributed by atoms with van der Waals surface area (Å²) in [6.45, 7) is 0.00698. The van der Waals surface area contributed by atoms with Gasteiger partial charge in [-0.3, -0.25) is 5.10 Å². The van der Waals surface area contributed by atoms with Gasteiger partial charge in [0.1, 0.15) is 18.2 Å². The fraction of sp³-hybridized carbons (Fsp3) is 0.0625. The second-order valence-electron chi connectivity index (χ2n) is 5.15. The molecular formula is C16H11F2N5O. The zero-order valence-corrected chi connectivity index (χ0v) is 12.3. The minimum atomic E-state index is -0.643. The van der Waals surface area contributed by atoms with E-state index >= 15 is 0 Å². The number of aromatic nitrogens is 5. The summed E-state index contributed by atoms with van der Waals surface area (Å²) in [5, 5.41) is 10.9. The van der Waals surface area contributed by atoms with Crippen molar-refractivity contribution in [1.29, 1.82) is 0 Å². The third kappa shape index (κ3) is 2.69. The van der Waals surface area contributed by atoms with Gasteiger partial charge in [0.2, 0.25) is 5.88 Å². The number of aromatic amines is 1. The molecule has 4 rings (SSSR count). The normalized spacial score (nSPS) is 11.1. The SMILES string of the molecule is Fc1cc(F)cc(COc2ccn3ncc(-c4cn[nH]c4)c3n2)c1. The molecule has 24 heavy (non-hydrogen) atoms. The fourth-order valence-corrected chi connectivity index (χ4v) is 2.39. The molecular weight excluding hydrogens is 316 g/mol. The number of hydrogen-bond acceptors (Lipinski definition) is 4. The van der Waals surface area contributed by atoms with E-state index in [-0.39, 0.29) is 6.61 Å². The first-order valence-electron chi connectivity index (χ1n) is 7.10. The first kappa shape index (κ1) is 14.3. The maximum atomic E-state index is 13.2. The molecule has 0 spiro atoms. The zero-order chi connectivity index (χ0) is 16.5. The van der Waals surface area contributed by atoms with Gasteiger partial charge in [0.15, 0.2) is 5.65 Å². The average Bonchev–Trinajstić information content (AvgIpc) is 3.20. The number of hydrogen-bond donors (Lipinski definition) is 1. The minimum Gasteiger partial charge on any atom is -0.473 e. The van der Waals surface area contributed by atoms with Gasteiger partial charge in [-0.1, -0.05) is 0 Å². The predicted molar refractivity (Wildman–Crippen MR) is 81.3 cm³/mol. The van der Waals surface area contributed by atoms with E-state index in [0.717, 1.165) is 17.2 Å². The number of nitrogens with one attached hydrogen (secondary N) is 1. The van der Waals surface area contributed by atoms with Crippen molar-refractivity contribution in [2.75, 3.05) is 0 Å². The summed E-state index contributed by atoms with van der Waals surface area (Å²) in [6.07, 6.45) is 6.79. The molecule has 120 valence electrons. The molecule has 0 atom stereocenters. The molecule has 1 N–H and O–H groups in total. The van der Waals surface area contributed by atoms with E-state index in [1.54, 1.807) is 35.4 Å². The lowest BCUT2D eigenvalue weighted by atomic mass is 10.2. The smallest absolute Gasteiger partial charge is 0.217 e. The Morgan fingerprint density at radius 1 is 1.12 bits per heavy atom. The number of rotatable bonds is 4. The molecule has 0 aliphatic rings. The van der Waals surface area contributed by atoms with E-state index in [4.69, 9.17) is 4.74 Å². The number of fused-ring (bicyclic) bond motifs is 1. The van der Waals surface area contributed by atoms with Crippen LogP contribution in [-0.2, 0) is 6.61 Å². The van der Waals surface area contributed by atoms with Gasteiger partial charge in [-0.15, -0.1) is 0 Å². The van der Waals surface area contributed by atoms with Crippen LogP contribution in [0.3, 0.4) is 0 Å². The maximum Gasteiger partial charge on any atom is 0.217 e. The van der Waals surface area contributed by atoms with E-state index in [1.807, 2.05) is 0 Å². The number of H-pyrrole nitrogens is 1. The van der Waals surface area contributed by atoms with Crippen molar-refractivity contribution < 1.29 is 13.5 Å². The van der Waals surface area contributed by atoms with Crippen molar-refractivity contribution >= 4 is 5.65 Å². The van der Waals surface area contributed by atoms with Crippen LogP contribution < -0.4 is 4.74 Å². The Kier molecular flexibility index (Phi) is 3.42. The highest BCUT2D eigenvalue weighted by Crippen LogP contribution is 2.23. The van der Waals surface area contributed by atoms with E-state index in [1.165, 1.54) is 12.1 Å². The Bertz CT molecular complexity index is 977. The van der Waals surface area contributed by atoms with Gasteiger partial charge in [-0.05, 0) is 17.7 Å². The Labute approximate surface area is 134 Å². The van der Waals surface area contributed by atoms with Crippen LogP contribution in [0.2, 0.25) is 0 Å². The predicted octanol–water partition coefficient (Wildman–Crippen LogP) is 2.98. The summed E-state index contributed by atoms with van der Waals surface area (Å²) in [7, 11) is 0. The molecule has 0 aliphatic heterocycles. The molecule has 0 amide bonds. The van der Waals surface area contributed by atoms with Crippen LogP contribution in [0.15, 0.2) is 49.1 Å². The van der Waals surface area contributed by atoms with E-state index < -0.39 is 11.6 Å². The van der Waals surface area contributed by atoms with Gasteiger partial charge in [-0.25, -0.2) is 13.3 Å². The van der Waals surface area contributed by atoms with Crippen molar-refractivity contribution in [2.24, 2.45) is 0 Å². The quantitative estimate of drug-likeness (QED) is 0.626. The van der Waals surface area contributed by atoms with Gasteiger partial charge in [0.25, 0.3) is 0 Å². The topological polar surface area (TPSA) is 68.1 Å². The van der Waals surface area contributed by atoms with Crippen molar-refractivity contribution in [3.05, 3.63) is 66.3 Å². The summed E-state index contributed by atoms with van der Waals surface area (Å²) in [5.41, 5.74) is 2.63. The van der Waals surface area contributed by atoms with Gasteiger partial charge in [-0.2, -0.15) is 15.2 Å². The average molecular weight is 327 g/mol. The highest BCUT2D eigenvalue weighted by Gasteiger charge is 2.10. The Morgan fingerprint density at radius 2 is 1.96 bits per heavy atom. The largest absolute Gasteiger partial charge is 0.473 e. The van der Waals surface area contributed by atoms with Crippen molar-refractivity contribution in [1.82, 2.24) is 24.8 Å². The molecule has 4 aromatic rings. The summed E-state index contributed by atoms with van der Waals surface area (Å²) in [5.74, 6) is -0.956. The van der Waals surface area contributed by atoms with Crippen LogP contribution in [0.25, 0.3) is 16.8 Å². The van der Waals surface area contributed by atoms with Gasteiger partial charge in [0, 0.05) is 35.7 Å². The first-order chi connectivity index (χ1) is 11.7. The molecule has 1 aromatic carbocycles. The highest BCUT2D eigenvalue weighted by atomic mass is 19.1. The standard InChI is InChI=1S/C16H11F2N5O/c17-12-3-10(4-13(18)5-12)9-24-15-1-2-23-16(22-15)14(8-21-23)11-6-19-20-7-11/h1-8H,9H2,(H,19,20). The van der Waals surface area contributed by atoms with Crippen LogP contribution in [0.5, 0.6) is 5.88 Å². The fourth-order valence-electron chi connectivity index (χ4n) is 2.39. The molecule has 0 radical (unpaired) electrons. The lowest BCUT2D eigenvalue weighted by molar-refractivity contribution is 0.293. The summed E-state index contributed by atoms with van der Waals surface area (Å²) >= 11 is 0. The molecule has 6 nitrogen and oxygen atoms in total. The van der Waals surface area contributed by atoms with Crippen molar-refractivity contribution in [2.45, 2.75) is 6.61 Å². The summed E-state index contributed by atoms with van der Waals surface area (Å²) < 4.78 is 33.5. The van der Waals surface area contributed by atoms with Gasteiger partial charge in [0.05, 0.1) is 12.4 Å². The van der Waals surface area contributed by atoms with Crippen LogP contribution in [0.1, 0.15) is 5.56 Å². The Balaban J connectivity index is 1.61.